The quantitative estimate of drug-likeness (QED) is 0.857. The molecular weight excluding hydrogens is 320 g/mol. The molecule has 0 saturated carbocycles. The molecule has 0 bridgehead atoms. The average molecular weight is 342 g/mol. The molecule has 25 heavy (non-hydrogen) atoms. The second-order valence-corrected chi connectivity index (χ2v) is 6.23. The summed E-state index contributed by atoms with van der Waals surface area (Å²) < 4.78 is 0. The van der Waals surface area contributed by atoms with E-state index in [0.717, 1.165) is 30.8 Å². The maximum Gasteiger partial charge on any atom is 0.227 e. The number of carbonyl (C=O) groups excluding carboxylic acids is 2. The molecule has 132 valence electrons. The van der Waals surface area contributed by atoms with E-state index < -0.39 is 0 Å². The van der Waals surface area contributed by atoms with Crippen LogP contribution in [0.3, 0.4) is 0 Å². The summed E-state index contributed by atoms with van der Waals surface area (Å²) in [7, 11) is 0. The van der Waals surface area contributed by atoms with Crippen molar-refractivity contribution in [3.63, 3.8) is 0 Å². The molecule has 2 N–H and O–H groups in total. The van der Waals surface area contributed by atoms with Gasteiger partial charge in [-0.25, -0.2) is 4.98 Å². The van der Waals surface area contributed by atoms with Gasteiger partial charge in [0.1, 0.15) is 0 Å². The van der Waals surface area contributed by atoms with E-state index in [-0.39, 0.29) is 17.7 Å². The minimum atomic E-state index is -0.123. The lowest BCUT2D eigenvalue weighted by molar-refractivity contribution is -0.130. The van der Waals surface area contributed by atoms with Gasteiger partial charge < -0.3 is 9.88 Å². The van der Waals surface area contributed by atoms with E-state index in [1.54, 1.807) is 31.7 Å². The Balaban J connectivity index is 1.57. The van der Waals surface area contributed by atoms with Gasteiger partial charge in [-0.3, -0.25) is 24.9 Å². The smallest absolute Gasteiger partial charge is 0.227 e. The number of aryl methyl sites for hydroxylation is 1. The van der Waals surface area contributed by atoms with E-state index in [9.17, 15) is 9.59 Å². The van der Waals surface area contributed by atoms with Crippen molar-refractivity contribution in [3.8, 4) is 0 Å². The molecule has 1 aliphatic heterocycles. The van der Waals surface area contributed by atoms with Gasteiger partial charge in [-0.1, -0.05) is 0 Å². The first-order valence-corrected chi connectivity index (χ1v) is 8.47. The molecule has 0 aliphatic carbocycles. The van der Waals surface area contributed by atoms with Crippen molar-refractivity contribution >= 4 is 17.8 Å². The Morgan fingerprint density at radius 3 is 3.04 bits per heavy atom. The van der Waals surface area contributed by atoms with Crippen LogP contribution >= 0.6 is 0 Å². The average Bonchev–Trinajstić information content (AvgIpc) is 3.13. The first-order valence-electron chi connectivity index (χ1n) is 8.47. The zero-order valence-electron chi connectivity index (χ0n) is 14.2. The minimum absolute atomic E-state index is 0.100. The van der Waals surface area contributed by atoms with E-state index in [0.29, 0.717) is 25.3 Å². The van der Waals surface area contributed by atoms with Gasteiger partial charge in [0.2, 0.25) is 17.8 Å². The summed E-state index contributed by atoms with van der Waals surface area (Å²) in [4.78, 5) is 41.1. The van der Waals surface area contributed by atoms with Crippen molar-refractivity contribution in [2.24, 2.45) is 0 Å². The van der Waals surface area contributed by atoms with Crippen LogP contribution in [0.15, 0.2) is 24.8 Å². The fourth-order valence-corrected chi connectivity index (χ4v) is 3.01. The van der Waals surface area contributed by atoms with Crippen molar-refractivity contribution < 1.29 is 9.59 Å². The van der Waals surface area contributed by atoms with Crippen molar-refractivity contribution in [3.05, 3.63) is 36.2 Å². The van der Waals surface area contributed by atoms with Crippen LogP contribution < -0.4 is 5.32 Å². The lowest BCUT2D eigenvalue weighted by Crippen LogP contribution is -2.37. The van der Waals surface area contributed by atoms with Crippen LogP contribution in [0.4, 0.5) is 5.95 Å². The lowest BCUT2D eigenvalue weighted by Gasteiger charge is -2.31. The lowest BCUT2D eigenvalue weighted by atomic mass is 9.95. The van der Waals surface area contributed by atoms with Crippen LogP contribution in [0.1, 0.15) is 43.5 Å². The van der Waals surface area contributed by atoms with Gasteiger partial charge in [0, 0.05) is 57.1 Å². The number of hydrogen-bond acceptors (Lipinski definition) is 5. The van der Waals surface area contributed by atoms with E-state index in [1.807, 2.05) is 4.90 Å². The van der Waals surface area contributed by atoms with Gasteiger partial charge in [0.25, 0.3) is 0 Å². The Morgan fingerprint density at radius 1 is 1.40 bits per heavy atom. The van der Waals surface area contributed by atoms with Crippen molar-refractivity contribution in [2.75, 3.05) is 18.4 Å². The van der Waals surface area contributed by atoms with Crippen LogP contribution in [0.2, 0.25) is 0 Å². The third-order valence-corrected chi connectivity index (χ3v) is 4.35. The Bertz CT molecular complexity index is 730. The largest absolute Gasteiger partial charge is 0.342 e. The summed E-state index contributed by atoms with van der Waals surface area (Å²) in [6.07, 6.45) is 9.48. The zero-order chi connectivity index (χ0) is 17.6. The number of likely N-dealkylation sites (tertiary alicyclic amines) is 1. The molecule has 1 saturated heterocycles. The summed E-state index contributed by atoms with van der Waals surface area (Å²) in [5.41, 5.74) is 1.68. The topological polar surface area (TPSA) is 104 Å². The molecule has 0 spiro atoms. The Kier molecular flexibility index (Phi) is 5.37. The second kappa shape index (κ2) is 7.87. The molecule has 3 rings (SSSR count). The van der Waals surface area contributed by atoms with Crippen molar-refractivity contribution in [1.29, 1.82) is 0 Å². The molecule has 8 nitrogen and oxygen atoms in total. The number of aromatic amines is 1. The van der Waals surface area contributed by atoms with E-state index >= 15 is 0 Å². The highest BCUT2D eigenvalue weighted by atomic mass is 16.2. The monoisotopic (exact) mass is 342 g/mol. The number of carbonyl (C=O) groups is 2. The third-order valence-electron chi connectivity index (χ3n) is 4.35. The normalized spacial score (nSPS) is 17.3. The first kappa shape index (κ1) is 17.1. The van der Waals surface area contributed by atoms with E-state index in [1.165, 1.54) is 0 Å². The molecule has 1 fully saturated rings. The number of rotatable bonds is 5. The molecule has 0 radical (unpaired) electrons. The number of amides is 2. The highest BCUT2D eigenvalue weighted by Gasteiger charge is 2.24. The molecule has 3 heterocycles. The molecule has 0 aromatic carbocycles. The van der Waals surface area contributed by atoms with Gasteiger partial charge in [-0.05, 0) is 19.3 Å². The van der Waals surface area contributed by atoms with Gasteiger partial charge in [0.15, 0.2) is 0 Å². The highest BCUT2D eigenvalue weighted by molar-refractivity contribution is 5.88. The molecule has 1 atom stereocenters. The third kappa shape index (κ3) is 4.62. The number of nitrogens with zero attached hydrogens (tertiary/aromatic N) is 4. The Labute approximate surface area is 146 Å². The van der Waals surface area contributed by atoms with Crippen LogP contribution in [-0.4, -0.2) is 49.7 Å². The summed E-state index contributed by atoms with van der Waals surface area (Å²) in [6, 6.07) is 0. The SMILES string of the molecule is CC(=O)N1CCC[C@@H](c2cncc(CCC(=O)Nc3ncc[nH]3)n2)C1. The maximum absolute atomic E-state index is 11.9. The first-order chi connectivity index (χ1) is 12.1. The summed E-state index contributed by atoms with van der Waals surface area (Å²) in [5, 5.41) is 2.69. The minimum Gasteiger partial charge on any atom is -0.342 e. The number of nitrogens with one attached hydrogen (secondary N) is 2. The van der Waals surface area contributed by atoms with Crippen LogP contribution in [0.25, 0.3) is 0 Å². The van der Waals surface area contributed by atoms with Gasteiger partial charge in [-0.15, -0.1) is 0 Å². The van der Waals surface area contributed by atoms with Gasteiger partial charge in [-0.2, -0.15) is 0 Å². The summed E-state index contributed by atoms with van der Waals surface area (Å²) in [6.45, 7) is 3.10. The molecule has 1 aliphatic rings. The molecule has 0 unspecified atom stereocenters. The van der Waals surface area contributed by atoms with Crippen molar-refractivity contribution in [1.82, 2.24) is 24.8 Å². The summed E-state index contributed by atoms with van der Waals surface area (Å²) >= 11 is 0. The second-order valence-electron chi connectivity index (χ2n) is 6.23. The number of piperidine rings is 1. The molecule has 8 heteroatoms. The van der Waals surface area contributed by atoms with Crippen LogP contribution in [0, 0.1) is 0 Å². The summed E-state index contributed by atoms with van der Waals surface area (Å²) in [5.74, 6) is 0.629. The maximum atomic E-state index is 11.9. The zero-order valence-corrected chi connectivity index (χ0v) is 14.2. The van der Waals surface area contributed by atoms with Gasteiger partial charge in [0.05, 0.1) is 11.4 Å². The predicted octanol–water partition coefficient (Wildman–Crippen LogP) is 1.50. The van der Waals surface area contributed by atoms with Gasteiger partial charge >= 0.3 is 0 Å². The van der Waals surface area contributed by atoms with Crippen LogP contribution in [0.5, 0.6) is 0 Å². The Morgan fingerprint density at radius 2 is 2.28 bits per heavy atom. The molecule has 2 amide bonds. The predicted molar refractivity (Wildman–Crippen MR) is 91.8 cm³/mol. The number of H-pyrrole nitrogens is 1. The molecular formula is C17H22N6O2. The number of aromatic nitrogens is 4. The number of anilines is 1. The Hall–Kier alpha value is -2.77. The standard InChI is InChI=1S/C17H22N6O2/c1-12(24)23-8-2-3-13(11-23)15-10-18-9-14(21-15)4-5-16(25)22-17-19-6-7-20-17/h6-7,9-10,13H,2-5,8,11H2,1H3,(H2,19,20,22,25)/t13-/m1/s1. The fraction of sp³-hybridized carbons (Fsp3) is 0.471. The molecule has 2 aromatic heterocycles. The van der Waals surface area contributed by atoms with E-state index in [2.05, 4.69) is 25.3 Å². The fourth-order valence-electron chi connectivity index (χ4n) is 3.01. The molecule has 2 aromatic rings. The number of hydrogen-bond donors (Lipinski definition) is 2. The van der Waals surface area contributed by atoms with Crippen LogP contribution in [-0.2, 0) is 16.0 Å². The van der Waals surface area contributed by atoms with Crippen molar-refractivity contribution in [2.45, 2.75) is 38.5 Å². The number of imidazole rings is 1. The highest BCUT2D eigenvalue weighted by Crippen LogP contribution is 2.25. The van der Waals surface area contributed by atoms with E-state index in [4.69, 9.17) is 0 Å².